The average molecular weight is 265 g/mol. The Labute approximate surface area is 113 Å². The number of carbonyl (C=O) groups excluding carboxylic acids is 2. The maximum Gasteiger partial charge on any atom is 0.337 e. The molecule has 1 aromatic carbocycles. The topological polar surface area (TPSA) is 55.8 Å². The number of hydrogen-bond acceptors (Lipinski definition) is 4. The fourth-order valence-electron chi connectivity index (χ4n) is 1.49. The molecule has 0 radical (unpaired) electrons. The lowest BCUT2D eigenvalue weighted by Crippen LogP contribution is -2.32. The Bertz CT molecular complexity index is 434. The normalized spacial score (nSPS) is 10.9. The van der Waals surface area contributed by atoms with Crippen LogP contribution in [0, 0.1) is 0 Å². The molecule has 0 spiro atoms. The van der Waals surface area contributed by atoms with Gasteiger partial charge < -0.3 is 4.74 Å². The van der Waals surface area contributed by atoms with E-state index in [1.165, 1.54) is 12.2 Å². The third kappa shape index (κ3) is 5.09. The molecule has 0 N–H and O–H groups in total. The lowest BCUT2D eigenvalue weighted by molar-refractivity contribution is -0.220. The molecule has 0 aromatic heterocycles. The van der Waals surface area contributed by atoms with Crippen LogP contribution in [0.3, 0.4) is 0 Å². The Morgan fingerprint density at radius 1 is 1.26 bits per heavy atom. The fraction of sp³-hybridized carbons (Fsp3) is 0.429. The Hall–Kier alpha value is -1.88. The number of nitrogens with zero attached hydrogens (tertiary/aromatic N) is 1. The number of rotatable bonds is 5. The molecule has 5 heteroatoms. The van der Waals surface area contributed by atoms with Crippen molar-refractivity contribution in [2.75, 3.05) is 7.11 Å². The highest BCUT2D eigenvalue weighted by Crippen LogP contribution is 2.13. The number of methoxy groups -OCH3 is 1. The van der Waals surface area contributed by atoms with Gasteiger partial charge in [0.15, 0.2) is 0 Å². The van der Waals surface area contributed by atoms with E-state index < -0.39 is 5.60 Å². The van der Waals surface area contributed by atoms with E-state index >= 15 is 0 Å². The van der Waals surface area contributed by atoms with Crippen LogP contribution < -0.4 is 0 Å². The third-order valence-corrected chi connectivity index (χ3v) is 2.22. The Morgan fingerprint density at radius 3 is 2.26 bits per heavy atom. The van der Waals surface area contributed by atoms with Crippen LogP contribution in [-0.4, -0.2) is 30.2 Å². The van der Waals surface area contributed by atoms with Gasteiger partial charge >= 0.3 is 5.97 Å². The summed E-state index contributed by atoms with van der Waals surface area (Å²) in [7, 11) is 1.33. The minimum absolute atomic E-state index is 0.322. The molecule has 0 fully saturated rings. The zero-order valence-corrected chi connectivity index (χ0v) is 11.7. The minimum atomic E-state index is -0.438. The van der Waals surface area contributed by atoms with Crippen LogP contribution in [0.25, 0.3) is 0 Å². The first-order valence-electron chi connectivity index (χ1n) is 5.94. The second-order valence-electron chi connectivity index (χ2n) is 5.07. The van der Waals surface area contributed by atoms with Gasteiger partial charge in [-0.25, -0.2) is 9.86 Å². The molecule has 5 nitrogen and oxygen atoms in total. The lowest BCUT2D eigenvalue weighted by atomic mass is 10.1. The van der Waals surface area contributed by atoms with Crippen molar-refractivity contribution in [2.45, 2.75) is 32.9 Å². The summed E-state index contributed by atoms with van der Waals surface area (Å²) in [4.78, 5) is 27.7. The van der Waals surface area contributed by atoms with Gasteiger partial charge in [0.25, 0.3) is 0 Å². The quantitative estimate of drug-likeness (QED) is 0.465. The maximum absolute atomic E-state index is 11.3. The van der Waals surface area contributed by atoms with Crippen LogP contribution in [0.15, 0.2) is 24.3 Å². The van der Waals surface area contributed by atoms with E-state index in [-0.39, 0.29) is 5.97 Å². The van der Waals surface area contributed by atoms with Crippen molar-refractivity contribution in [1.82, 2.24) is 5.06 Å². The lowest BCUT2D eigenvalue weighted by Gasteiger charge is -2.26. The minimum Gasteiger partial charge on any atom is -0.465 e. The summed E-state index contributed by atoms with van der Waals surface area (Å²) >= 11 is 0. The summed E-state index contributed by atoms with van der Waals surface area (Å²) in [6, 6.07) is 6.83. The molecule has 0 aliphatic carbocycles. The first-order chi connectivity index (χ1) is 8.85. The number of benzene rings is 1. The molecule has 19 heavy (non-hydrogen) atoms. The first-order valence-corrected chi connectivity index (χ1v) is 5.94. The third-order valence-electron chi connectivity index (χ3n) is 2.22. The van der Waals surface area contributed by atoms with E-state index in [0.717, 1.165) is 5.56 Å². The number of hydroxylamine groups is 2. The molecular weight excluding hydrogens is 246 g/mol. The molecule has 0 unspecified atom stereocenters. The molecule has 0 aliphatic heterocycles. The van der Waals surface area contributed by atoms with Crippen LogP contribution >= 0.6 is 0 Å². The molecule has 1 rings (SSSR count). The predicted molar refractivity (Wildman–Crippen MR) is 70.2 cm³/mol. The number of esters is 1. The van der Waals surface area contributed by atoms with Crippen molar-refractivity contribution in [3.05, 3.63) is 35.4 Å². The maximum atomic E-state index is 11.3. The average Bonchev–Trinajstić information content (AvgIpc) is 2.36. The van der Waals surface area contributed by atoms with Gasteiger partial charge in [0, 0.05) is 0 Å². The van der Waals surface area contributed by atoms with Gasteiger partial charge in [-0.05, 0) is 38.5 Å². The van der Waals surface area contributed by atoms with E-state index in [0.29, 0.717) is 18.5 Å². The van der Waals surface area contributed by atoms with Gasteiger partial charge in [-0.2, -0.15) is 0 Å². The molecule has 0 saturated heterocycles. The van der Waals surface area contributed by atoms with Crippen molar-refractivity contribution in [1.29, 1.82) is 0 Å². The number of hydrogen-bond donors (Lipinski definition) is 0. The van der Waals surface area contributed by atoms with Crippen LogP contribution in [0.2, 0.25) is 0 Å². The molecule has 0 aliphatic rings. The van der Waals surface area contributed by atoms with E-state index in [1.807, 2.05) is 20.8 Å². The smallest absolute Gasteiger partial charge is 0.337 e. The van der Waals surface area contributed by atoms with Gasteiger partial charge in [-0.1, -0.05) is 12.1 Å². The van der Waals surface area contributed by atoms with E-state index in [9.17, 15) is 9.59 Å². The van der Waals surface area contributed by atoms with E-state index in [2.05, 4.69) is 4.74 Å². The molecule has 104 valence electrons. The second-order valence-corrected chi connectivity index (χ2v) is 5.07. The summed E-state index contributed by atoms with van der Waals surface area (Å²) in [5.74, 6) is -0.385. The summed E-state index contributed by atoms with van der Waals surface area (Å²) in [6.45, 7) is 5.92. The van der Waals surface area contributed by atoms with Crippen molar-refractivity contribution in [3.63, 3.8) is 0 Å². The monoisotopic (exact) mass is 265 g/mol. The highest BCUT2D eigenvalue weighted by atomic mass is 16.7. The molecule has 0 saturated carbocycles. The summed E-state index contributed by atoms with van der Waals surface area (Å²) < 4.78 is 4.61. The van der Waals surface area contributed by atoms with Gasteiger partial charge in [0.2, 0.25) is 6.41 Å². The Kier molecular flexibility index (Phi) is 5.06. The number of ether oxygens (including phenoxy) is 1. The van der Waals surface area contributed by atoms with Crippen molar-refractivity contribution in [2.24, 2.45) is 0 Å². The van der Waals surface area contributed by atoms with E-state index in [4.69, 9.17) is 4.84 Å². The highest BCUT2D eigenvalue weighted by molar-refractivity contribution is 5.89. The van der Waals surface area contributed by atoms with Crippen molar-refractivity contribution < 1.29 is 19.2 Å². The van der Waals surface area contributed by atoms with Gasteiger partial charge in [-0.3, -0.25) is 9.63 Å². The van der Waals surface area contributed by atoms with Gasteiger partial charge in [0.1, 0.15) is 0 Å². The number of carbonyl (C=O) groups is 2. The summed E-state index contributed by atoms with van der Waals surface area (Å²) in [5.41, 5.74) is 0.900. The van der Waals surface area contributed by atoms with Crippen LogP contribution in [-0.2, 0) is 20.9 Å². The van der Waals surface area contributed by atoms with Crippen LogP contribution in [0.1, 0.15) is 36.7 Å². The first kappa shape index (κ1) is 15.2. The van der Waals surface area contributed by atoms with Gasteiger partial charge in [0.05, 0.1) is 24.8 Å². The van der Waals surface area contributed by atoms with Gasteiger partial charge in [-0.15, -0.1) is 0 Å². The molecular formula is C14H19NO4. The summed E-state index contributed by atoms with van der Waals surface area (Å²) in [6.07, 6.45) is 0.638. The van der Waals surface area contributed by atoms with Crippen molar-refractivity contribution >= 4 is 12.4 Å². The van der Waals surface area contributed by atoms with Crippen molar-refractivity contribution in [3.8, 4) is 0 Å². The Balaban J connectivity index is 2.71. The number of amides is 1. The zero-order valence-electron chi connectivity index (χ0n) is 11.7. The largest absolute Gasteiger partial charge is 0.465 e. The van der Waals surface area contributed by atoms with Crippen LogP contribution in [0.4, 0.5) is 0 Å². The van der Waals surface area contributed by atoms with E-state index in [1.54, 1.807) is 24.3 Å². The second kappa shape index (κ2) is 6.33. The highest BCUT2D eigenvalue weighted by Gasteiger charge is 2.16. The predicted octanol–water partition coefficient (Wildman–Crippen LogP) is 2.16. The fourth-order valence-corrected chi connectivity index (χ4v) is 1.49. The molecule has 1 aromatic rings. The molecule has 0 bridgehead atoms. The summed E-state index contributed by atoms with van der Waals surface area (Å²) in [5, 5.41) is 1.23. The Morgan fingerprint density at radius 2 is 1.84 bits per heavy atom. The molecule has 1 amide bonds. The van der Waals surface area contributed by atoms with Crippen LogP contribution in [0.5, 0.6) is 0 Å². The SMILES string of the molecule is COC(=O)c1ccc(CN(C=O)OC(C)(C)C)cc1. The molecule has 0 heterocycles. The standard InChI is InChI=1S/C14H19NO4/c1-14(2,3)19-15(10-16)9-11-5-7-12(8-6-11)13(17)18-4/h5-8,10H,9H2,1-4H3. The zero-order chi connectivity index (χ0) is 14.5. The molecule has 0 atom stereocenters.